The Kier molecular flexibility index (Phi) is 2.57. The van der Waals surface area contributed by atoms with Gasteiger partial charge >= 0.3 is 0 Å². The Morgan fingerprint density at radius 3 is 1.61 bits per heavy atom. The maximum absolute atomic E-state index is 6.47. The molecular weight excluding hydrogens is 279 g/mol. The van der Waals surface area contributed by atoms with Crippen molar-refractivity contribution in [3.63, 3.8) is 0 Å². The van der Waals surface area contributed by atoms with E-state index in [1.54, 1.807) is 0 Å². The fourth-order valence-electron chi connectivity index (χ4n) is 3.70. The molecule has 108 valence electrons. The second-order valence-corrected chi connectivity index (χ2v) is 6.23. The first-order valence-electron chi connectivity index (χ1n) is 8.04. The van der Waals surface area contributed by atoms with Gasteiger partial charge in [0.15, 0.2) is 0 Å². The Morgan fingerprint density at radius 2 is 1.09 bits per heavy atom. The molecule has 5 rings (SSSR count). The molecule has 1 aliphatic rings. The second-order valence-electron chi connectivity index (χ2n) is 6.23. The van der Waals surface area contributed by atoms with E-state index < -0.39 is 0 Å². The van der Waals surface area contributed by atoms with Crippen LogP contribution in [0.4, 0.5) is 0 Å². The molecule has 1 nitrogen and oxygen atoms in total. The third-order valence-corrected chi connectivity index (χ3v) is 4.96. The van der Waals surface area contributed by atoms with Crippen LogP contribution in [0.1, 0.15) is 0 Å². The van der Waals surface area contributed by atoms with Gasteiger partial charge in [-0.05, 0) is 21.7 Å². The van der Waals surface area contributed by atoms with E-state index in [0.29, 0.717) is 6.71 Å². The molecule has 0 aromatic heterocycles. The van der Waals surface area contributed by atoms with Crippen LogP contribution in [0.15, 0.2) is 72.8 Å². The molecule has 0 atom stereocenters. The first-order chi connectivity index (χ1) is 11.3. The average molecular weight is 294 g/mol. The minimum Gasteiger partial charge on any atom is -0.457 e. The van der Waals surface area contributed by atoms with E-state index in [1.165, 1.54) is 32.5 Å². The van der Waals surface area contributed by atoms with Crippen LogP contribution in [0.2, 0.25) is 6.82 Å². The molecule has 23 heavy (non-hydrogen) atoms. The summed E-state index contributed by atoms with van der Waals surface area (Å²) in [6.07, 6.45) is 0. The van der Waals surface area contributed by atoms with E-state index in [2.05, 4.69) is 79.6 Å². The lowest BCUT2D eigenvalue weighted by molar-refractivity contribution is 0.498. The minimum atomic E-state index is 0.336. The molecule has 2 heteroatoms. The molecule has 0 fully saturated rings. The van der Waals surface area contributed by atoms with Crippen LogP contribution >= 0.6 is 0 Å². The average Bonchev–Trinajstić information content (AvgIpc) is 2.61. The molecule has 0 spiro atoms. The van der Waals surface area contributed by atoms with Crippen molar-refractivity contribution < 1.29 is 4.74 Å². The van der Waals surface area contributed by atoms with E-state index in [-0.39, 0.29) is 0 Å². The standard InChI is InChI=1S/C21H15BO/c1-22-18-12-10-14-6-2-4-8-16(14)20(18)23-21-17-9-5-3-7-15(17)11-13-19(21)22/h2-13H,1H3. The number of hydrogen-bond donors (Lipinski definition) is 0. The first kappa shape index (κ1) is 12.8. The van der Waals surface area contributed by atoms with Crippen LogP contribution in [-0.4, -0.2) is 6.71 Å². The highest BCUT2D eigenvalue weighted by atomic mass is 16.5. The molecule has 0 bridgehead atoms. The summed E-state index contributed by atoms with van der Waals surface area (Å²) in [7, 11) is 0. The predicted molar refractivity (Wildman–Crippen MR) is 98.9 cm³/mol. The van der Waals surface area contributed by atoms with Crippen molar-refractivity contribution in [1.29, 1.82) is 0 Å². The van der Waals surface area contributed by atoms with Crippen molar-refractivity contribution >= 4 is 39.2 Å². The fraction of sp³-hybridized carbons (Fsp3) is 0.0476. The molecular formula is C21H15BO. The van der Waals surface area contributed by atoms with Crippen LogP contribution in [0.3, 0.4) is 0 Å². The zero-order valence-corrected chi connectivity index (χ0v) is 12.9. The van der Waals surface area contributed by atoms with E-state index in [0.717, 1.165) is 11.5 Å². The molecule has 0 radical (unpaired) electrons. The Balaban J connectivity index is 1.85. The highest BCUT2D eigenvalue weighted by Gasteiger charge is 2.29. The lowest BCUT2D eigenvalue weighted by atomic mass is 9.41. The SMILES string of the molecule is CB1c2ccc3ccccc3c2Oc2c1ccc1ccccc21. The van der Waals surface area contributed by atoms with Crippen LogP contribution in [0.25, 0.3) is 21.5 Å². The number of hydrogen-bond acceptors (Lipinski definition) is 1. The first-order valence-corrected chi connectivity index (χ1v) is 8.04. The Bertz CT molecular complexity index is 983. The summed E-state index contributed by atoms with van der Waals surface area (Å²) in [4.78, 5) is 0. The number of benzene rings is 4. The van der Waals surface area contributed by atoms with E-state index >= 15 is 0 Å². The minimum absolute atomic E-state index is 0.336. The summed E-state index contributed by atoms with van der Waals surface area (Å²) in [5, 5.41) is 4.83. The van der Waals surface area contributed by atoms with Gasteiger partial charge in [-0.2, -0.15) is 0 Å². The van der Waals surface area contributed by atoms with Crippen molar-refractivity contribution in [3.05, 3.63) is 72.8 Å². The molecule has 0 unspecified atom stereocenters. The van der Waals surface area contributed by atoms with Gasteiger partial charge in [0.25, 0.3) is 0 Å². The third-order valence-electron chi connectivity index (χ3n) is 4.96. The lowest BCUT2D eigenvalue weighted by Crippen LogP contribution is -2.44. The van der Waals surface area contributed by atoms with Gasteiger partial charge < -0.3 is 4.74 Å². The fourth-order valence-corrected chi connectivity index (χ4v) is 3.70. The Labute approximate surface area is 135 Å². The second kappa shape index (κ2) is 4.63. The van der Waals surface area contributed by atoms with Crippen molar-refractivity contribution in [3.8, 4) is 11.5 Å². The van der Waals surface area contributed by atoms with Crippen molar-refractivity contribution in [2.75, 3.05) is 0 Å². The van der Waals surface area contributed by atoms with Crippen LogP contribution in [-0.2, 0) is 0 Å². The molecule has 0 saturated carbocycles. The monoisotopic (exact) mass is 294 g/mol. The number of rotatable bonds is 0. The van der Waals surface area contributed by atoms with E-state index in [4.69, 9.17) is 4.74 Å². The van der Waals surface area contributed by atoms with Gasteiger partial charge in [0.05, 0.1) is 0 Å². The highest BCUT2D eigenvalue weighted by molar-refractivity contribution is 6.86. The number of ether oxygens (including phenoxy) is 1. The van der Waals surface area contributed by atoms with Gasteiger partial charge in [0, 0.05) is 10.8 Å². The molecule has 4 aromatic carbocycles. The third kappa shape index (κ3) is 1.75. The maximum atomic E-state index is 6.47. The van der Waals surface area contributed by atoms with Gasteiger partial charge in [-0.3, -0.25) is 0 Å². The zero-order valence-electron chi connectivity index (χ0n) is 12.9. The lowest BCUT2D eigenvalue weighted by Gasteiger charge is -2.26. The van der Waals surface area contributed by atoms with Gasteiger partial charge in [-0.25, -0.2) is 0 Å². The van der Waals surface area contributed by atoms with E-state index in [9.17, 15) is 0 Å². The zero-order chi connectivity index (χ0) is 15.4. The van der Waals surface area contributed by atoms with Gasteiger partial charge in [0.1, 0.15) is 11.5 Å². The predicted octanol–water partition coefficient (Wildman–Crippen LogP) is 4.34. The summed E-state index contributed by atoms with van der Waals surface area (Å²) in [6, 6.07) is 25.7. The molecule has 0 saturated heterocycles. The van der Waals surface area contributed by atoms with Gasteiger partial charge in [0.2, 0.25) is 6.71 Å². The summed E-state index contributed by atoms with van der Waals surface area (Å²) in [6.45, 7) is 2.60. The summed E-state index contributed by atoms with van der Waals surface area (Å²) in [5.41, 5.74) is 2.54. The van der Waals surface area contributed by atoms with Gasteiger partial charge in [-0.15, -0.1) is 0 Å². The van der Waals surface area contributed by atoms with Crippen LogP contribution in [0.5, 0.6) is 11.5 Å². The molecule has 1 heterocycles. The molecule has 0 amide bonds. The Morgan fingerprint density at radius 1 is 0.609 bits per heavy atom. The van der Waals surface area contributed by atoms with Crippen molar-refractivity contribution in [2.24, 2.45) is 0 Å². The van der Waals surface area contributed by atoms with E-state index in [1.807, 2.05) is 0 Å². The van der Waals surface area contributed by atoms with Crippen LogP contribution < -0.4 is 15.7 Å². The van der Waals surface area contributed by atoms with Crippen LogP contribution in [0, 0.1) is 0 Å². The summed E-state index contributed by atoms with van der Waals surface area (Å²) in [5.74, 6) is 2.03. The number of fused-ring (bicyclic) bond motifs is 6. The normalized spacial score (nSPS) is 12.8. The summed E-state index contributed by atoms with van der Waals surface area (Å²) < 4.78 is 6.47. The molecule has 4 aromatic rings. The molecule has 1 aliphatic heterocycles. The largest absolute Gasteiger partial charge is 0.457 e. The van der Waals surface area contributed by atoms with Gasteiger partial charge in [-0.1, -0.05) is 79.6 Å². The quantitative estimate of drug-likeness (QED) is 0.438. The molecule has 0 N–H and O–H groups in total. The summed E-state index contributed by atoms with van der Waals surface area (Å²) >= 11 is 0. The topological polar surface area (TPSA) is 9.23 Å². The molecule has 0 aliphatic carbocycles. The van der Waals surface area contributed by atoms with Crippen molar-refractivity contribution in [1.82, 2.24) is 0 Å². The highest BCUT2D eigenvalue weighted by Crippen LogP contribution is 2.35. The van der Waals surface area contributed by atoms with Crippen molar-refractivity contribution in [2.45, 2.75) is 6.82 Å². The Hall–Kier alpha value is -2.74. The maximum Gasteiger partial charge on any atom is 0.216 e. The smallest absolute Gasteiger partial charge is 0.216 e.